The van der Waals surface area contributed by atoms with Crippen LogP contribution in [0.15, 0.2) is 32.8 Å². The van der Waals surface area contributed by atoms with Crippen LogP contribution in [-0.4, -0.2) is 50.0 Å². The van der Waals surface area contributed by atoms with Gasteiger partial charge in [0.15, 0.2) is 4.34 Å². The highest BCUT2D eigenvalue weighted by Gasteiger charge is 2.25. The molecule has 0 bridgehead atoms. The summed E-state index contributed by atoms with van der Waals surface area (Å²) in [5.74, 6) is 0.344. The first-order valence-corrected chi connectivity index (χ1v) is 11.5. The van der Waals surface area contributed by atoms with Crippen LogP contribution in [0.1, 0.15) is 17.7 Å². The molecule has 3 rings (SSSR count). The molecule has 1 aliphatic rings. The Kier molecular flexibility index (Phi) is 5.71. The second-order valence-electron chi connectivity index (χ2n) is 6.27. The molecule has 0 fully saturated rings. The number of aromatic nitrogens is 1. The molecular formula is C17H21N3O3S3. The van der Waals surface area contributed by atoms with Gasteiger partial charge in [0.1, 0.15) is 0 Å². The summed E-state index contributed by atoms with van der Waals surface area (Å²) in [5.41, 5.74) is 2.68. The van der Waals surface area contributed by atoms with Crippen molar-refractivity contribution in [2.75, 3.05) is 31.3 Å². The lowest BCUT2D eigenvalue weighted by molar-refractivity contribution is -0.116. The number of amides is 1. The average Bonchev–Trinajstić information content (AvgIpc) is 3.03. The third kappa shape index (κ3) is 3.95. The van der Waals surface area contributed by atoms with E-state index in [2.05, 4.69) is 4.98 Å². The Morgan fingerprint density at radius 2 is 2.15 bits per heavy atom. The molecule has 1 aliphatic heterocycles. The lowest BCUT2D eigenvalue weighted by Crippen LogP contribution is -2.36. The highest BCUT2D eigenvalue weighted by atomic mass is 32.2. The second kappa shape index (κ2) is 7.67. The molecule has 0 aliphatic carbocycles. The van der Waals surface area contributed by atoms with E-state index in [0.29, 0.717) is 12.3 Å². The van der Waals surface area contributed by atoms with Crippen LogP contribution in [0.25, 0.3) is 0 Å². The third-order valence-corrected chi connectivity index (χ3v) is 8.10. The van der Waals surface area contributed by atoms with E-state index in [1.165, 1.54) is 30.2 Å². The van der Waals surface area contributed by atoms with E-state index >= 15 is 0 Å². The molecule has 0 saturated carbocycles. The van der Waals surface area contributed by atoms with Gasteiger partial charge in [-0.25, -0.2) is 17.7 Å². The summed E-state index contributed by atoms with van der Waals surface area (Å²) in [7, 11) is -0.441. The fourth-order valence-corrected chi connectivity index (χ4v) is 5.48. The van der Waals surface area contributed by atoms with Gasteiger partial charge < -0.3 is 4.90 Å². The van der Waals surface area contributed by atoms with Gasteiger partial charge >= 0.3 is 0 Å². The molecule has 26 heavy (non-hydrogen) atoms. The molecule has 9 heteroatoms. The van der Waals surface area contributed by atoms with Crippen molar-refractivity contribution in [3.8, 4) is 0 Å². The molecule has 0 radical (unpaired) electrons. The van der Waals surface area contributed by atoms with Gasteiger partial charge in [0.05, 0.1) is 10.6 Å². The molecule has 2 aromatic rings. The molecule has 2 heterocycles. The van der Waals surface area contributed by atoms with Gasteiger partial charge in [-0.05, 0) is 43.5 Å². The van der Waals surface area contributed by atoms with Crippen LogP contribution < -0.4 is 4.90 Å². The largest absolute Gasteiger partial charge is 0.311 e. The first kappa shape index (κ1) is 19.3. The zero-order chi connectivity index (χ0) is 18.9. The minimum Gasteiger partial charge on any atom is -0.311 e. The zero-order valence-corrected chi connectivity index (χ0v) is 17.4. The molecule has 0 saturated heterocycles. The van der Waals surface area contributed by atoms with Gasteiger partial charge in [0, 0.05) is 37.4 Å². The van der Waals surface area contributed by atoms with E-state index in [1.54, 1.807) is 34.4 Å². The van der Waals surface area contributed by atoms with E-state index < -0.39 is 10.0 Å². The average molecular weight is 412 g/mol. The smallest absolute Gasteiger partial charge is 0.242 e. The molecular weight excluding hydrogens is 390 g/mol. The molecule has 1 amide bonds. The molecule has 1 aromatic heterocycles. The predicted molar refractivity (Wildman–Crippen MR) is 106 cm³/mol. The summed E-state index contributed by atoms with van der Waals surface area (Å²) in [5, 5.41) is 1.97. The maximum absolute atomic E-state index is 12.7. The molecule has 140 valence electrons. The molecule has 0 N–H and O–H groups in total. The predicted octanol–water partition coefficient (Wildman–Crippen LogP) is 2.77. The number of hydrogen-bond donors (Lipinski definition) is 0. The van der Waals surface area contributed by atoms with Gasteiger partial charge in [-0.2, -0.15) is 0 Å². The Morgan fingerprint density at radius 1 is 1.38 bits per heavy atom. The Morgan fingerprint density at radius 3 is 2.81 bits per heavy atom. The van der Waals surface area contributed by atoms with Crippen molar-refractivity contribution < 1.29 is 13.2 Å². The van der Waals surface area contributed by atoms with Crippen molar-refractivity contribution in [3.63, 3.8) is 0 Å². The van der Waals surface area contributed by atoms with Gasteiger partial charge in [0.2, 0.25) is 15.9 Å². The van der Waals surface area contributed by atoms with Crippen molar-refractivity contribution in [3.05, 3.63) is 34.8 Å². The topological polar surface area (TPSA) is 70.6 Å². The van der Waals surface area contributed by atoms with E-state index in [4.69, 9.17) is 0 Å². The van der Waals surface area contributed by atoms with Gasteiger partial charge in [-0.15, -0.1) is 11.3 Å². The van der Waals surface area contributed by atoms with Crippen LogP contribution in [-0.2, 0) is 21.2 Å². The lowest BCUT2D eigenvalue weighted by atomic mass is 10.0. The van der Waals surface area contributed by atoms with Crippen LogP contribution >= 0.6 is 23.1 Å². The molecule has 0 atom stereocenters. The molecule has 6 nitrogen and oxygen atoms in total. The highest BCUT2D eigenvalue weighted by molar-refractivity contribution is 8.01. The van der Waals surface area contributed by atoms with Crippen molar-refractivity contribution >= 4 is 44.7 Å². The van der Waals surface area contributed by atoms with E-state index in [9.17, 15) is 13.2 Å². The number of nitrogens with zero attached hydrogens (tertiary/aromatic N) is 3. The van der Waals surface area contributed by atoms with Gasteiger partial charge in [-0.3, -0.25) is 4.79 Å². The van der Waals surface area contributed by atoms with Crippen molar-refractivity contribution in [2.24, 2.45) is 0 Å². The van der Waals surface area contributed by atoms with E-state index in [0.717, 1.165) is 34.1 Å². The number of aryl methyl sites for hydroxylation is 2. The third-order valence-electron chi connectivity index (χ3n) is 4.17. The van der Waals surface area contributed by atoms with Crippen LogP contribution in [0.5, 0.6) is 0 Å². The number of benzene rings is 1. The van der Waals surface area contributed by atoms with Crippen LogP contribution in [0.2, 0.25) is 0 Å². The number of thioether (sulfide) groups is 1. The first-order valence-electron chi connectivity index (χ1n) is 8.20. The van der Waals surface area contributed by atoms with E-state index in [-0.39, 0.29) is 10.8 Å². The Balaban J connectivity index is 1.79. The molecule has 0 unspecified atom stereocenters. The quantitative estimate of drug-likeness (QED) is 0.708. The number of carbonyl (C=O) groups excluding carboxylic acids is 1. The summed E-state index contributed by atoms with van der Waals surface area (Å²) < 4.78 is 26.8. The highest BCUT2D eigenvalue weighted by Crippen LogP contribution is 2.31. The fourth-order valence-electron chi connectivity index (χ4n) is 2.80. The van der Waals surface area contributed by atoms with E-state index in [1.807, 2.05) is 12.3 Å². The Labute approximate surface area is 162 Å². The summed E-state index contributed by atoms with van der Waals surface area (Å²) in [6.45, 7) is 2.59. The number of carbonyl (C=O) groups is 1. The number of fused-ring (bicyclic) bond motifs is 1. The number of rotatable bonds is 5. The van der Waals surface area contributed by atoms with Crippen LogP contribution in [0.4, 0.5) is 5.69 Å². The van der Waals surface area contributed by atoms with Gasteiger partial charge in [-0.1, -0.05) is 11.8 Å². The number of anilines is 1. The summed E-state index contributed by atoms with van der Waals surface area (Å²) in [6.07, 6.45) is 1.60. The van der Waals surface area contributed by atoms with Crippen LogP contribution in [0.3, 0.4) is 0 Å². The summed E-state index contributed by atoms with van der Waals surface area (Å²) >= 11 is 2.98. The molecule has 0 spiro atoms. The normalized spacial score (nSPS) is 14.5. The number of sulfonamides is 1. The SMILES string of the molecule is Cc1csc(SCC(=O)N2CCCc3cc(S(=O)(=O)N(C)C)ccc32)n1. The maximum Gasteiger partial charge on any atom is 0.242 e. The Bertz CT molecular complexity index is 922. The zero-order valence-electron chi connectivity index (χ0n) is 14.9. The number of hydrogen-bond acceptors (Lipinski definition) is 6. The number of thiazole rings is 1. The minimum atomic E-state index is -3.47. The van der Waals surface area contributed by atoms with Crippen molar-refractivity contribution in [2.45, 2.75) is 29.0 Å². The summed E-state index contributed by atoms with van der Waals surface area (Å²) in [4.78, 5) is 19.1. The first-order chi connectivity index (χ1) is 12.3. The van der Waals surface area contributed by atoms with Crippen LogP contribution in [0, 0.1) is 6.92 Å². The maximum atomic E-state index is 12.7. The fraction of sp³-hybridized carbons (Fsp3) is 0.412. The van der Waals surface area contributed by atoms with Crippen molar-refractivity contribution in [1.82, 2.24) is 9.29 Å². The summed E-state index contributed by atoms with van der Waals surface area (Å²) in [6, 6.07) is 5.03. The Hall–Kier alpha value is -1.42. The second-order valence-corrected chi connectivity index (χ2v) is 10.5. The minimum absolute atomic E-state index is 0.0204. The van der Waals surface area contributed by atoms with Crippen molar-refractivity contribution in [1.29, 1.82) is 0 Å². The lowest BCUT2D eigenvalue weighted by Gasteiger charge is -2.30. The molecule has 1 aromatic carbocycles. The standard InChI is InChI=1S/C17H21N3O3S3/c1-12-10-24-17(18-12)25-11-16(21)20-8-4-5-13-9-14(6-7-15(13)20)26(22,23)19(2)3/h6-7,9-10H,4-5,8,11H2,1-3H3. The van der Waals surface area contributed by atoms with Gasteiger partial charge in [0.25, 0.3) is 0 Å². The monoisotopic (exact) mass is 411 g/mol.